The Bertz CT molecular complexity index is 1140. The first-order valence-corrected chi connectivity index (χ1v) is 10.2. The van der Waals surface area contributed by atoms with Crippen LogP contribution in [0.1, 0.15) is 18.2 Å². The lowest BCUT2D eigenvalue weighted by Gasteiger charge is -2.11. The normalized spacial score (nSPS) is 12.0. The molecule has 1 amide bonds. The highest BCUT2D eigenvalue weighted by Gasteiger charge is 2.31. The van der Waals surface area contributed by atoms with Crippen LogP contribution < -0.4 is 16.6 Å². The van der Waals surface area contributed by atoms with Gasteiger partial charge in [0.25, 0.3) is 5.95 Å². The average molecular weight is 485 g/mol. The molecule has 14 heteroatoms. The Morgan fingerprint density at radius 2 is 2.06 bits per heavy atom. The number of carbonyl (C=O) groups is 1. The third kappa shape index (κ3) is 5.88. The third-order valence-electron chi connectivity index (χ3n) is 3.92. The van der Waals surface area contributed by atoms with E-state index in [4.69, 9.17) is 17.4 Å². The Morgan fingerprint density at radius 3 is 2.75 bits per heavy atom. The molecule has 168 valence electrons. The zero-order valence-electron chi connectivity index (χ0n) is 16.4. The molecule has 0 aliphatic rings. The second-order valence-electron chi connectivity index (χ2n) is 6.23. The van der Waals surface area contributed by atoms with E-state index in [2.05, 4.69) is 31.0 Å². The topological polar surface area (TPSA) is 123 Å². The molecule has 0 radical (unpaired) electrons. The molecule has 0 atom stereocenters. The van der Waals surface area contributed by atoms with Crippen molar-refractivity contribution in [2.24, 2.45) is 5.10 Å². The smallest absolute Gasteiger partial charge is 0.334 e. The van der Waals surface area contributed by atoms with Gasteiger partial charge in [0.1, 0.15) is 0 Å². The minimum absolute atomic E-state index is 0.0223. The molecule has 2 aromatic heterocycles. The summed E-state index contributed by atoms with van der Waals surface area (Å²) in [5.41, 5.74) is 2.82. The number of rotatable bonds is 7. The van der Waals surface area contributed by atoms with E-state index < -0.39 is 17.6 Å². The number of hydrogen-bond acceptors (Lipinski definition) is 8. The molecule has 32 heavy (non-hydrogen) atoms. The number of nitrogens with two attached hydrogens (primary N) is 1. The van der Waals surface area contributed by atoms with Crippen LogP contribution in [-0.2, 0) is 11.0 Å². The minimum atomic E-state index is -4.56. The molecule has 0 unspecified atom stereocenters. The molecule has 0 bridgehead atoms. The number of carbonyl (C=O) groups excluding carboxylic acids is 1. The number of nitrogen functional groups attached to an aromatic ring is 1. The number of aromatic nitrogens is 4. The number of amides is 1. The van der Waals surface area contributed by atoms with Gasteiger partial charge in [-0.15, -0.1) is 10.2 Å². The minimum Gasteiger partial charge on any atom is -0.334 e. The van der Waals surface area contributed by atoms with Crippen LogP contribution in [0, 0.1) is 0 Å². The molecule has 4 N–H and O–H groups in total. The summed E-state index contributed by atoms with van der Waals surface area (Å²) in [7, 11) is 0. The van der Waals surface area contributed by atoms with Gasteiger partial charge in [-0.3, -0.25) is 9.78 Å². The highest BCUT2D eigenvalue weighted by Crippen LogP contribution is 2.34. The van der Waals surface area contributed by atoms with Crippen molar-refractivity contribution in [3.8, 4) is 0 Å². The second kappa shape index (κ2) is 9.87. The number of pyridine rings is 1. The molecule has 2 heterocycles. The van der Waals surface area contributed by atoms with Crippen molar-refractivity contribution in [2.45, 2.75) is 18.3 Å². The van der Waals surface area contributed by atoms with Crippen LogP contribution in [-0.4, -0.2) is 37.2 Å². The lowest BCUT2D eigenvalue weighted by molar-refractivity contribution is -0.137. The maximum atomic E-state index is 12.9. The molecule has 9 nitrogen and oxygen atoms in total. The highest BCUT2D eigenvalue weighted by atomic mass is 35.5. The van der Waals surface area contributed by atoms with Crippen molar-refractivity contribution in [3.05, 3.63) is 58.9 Å². The van der Waals surface area contributed by atoms with Gasteiger partial charge in [-0.1, -0.05) is 29.4 Å². The van der Waals surface area contributed by atoms with E-state index in [-0.39, 0.29) is 27.6 Å². The standard InChI is InChI=1S/C18H16ClF3N8OS/c1-10(13-4-2-3-7-24-13)26-27-16-28-29-17(30(16)23)32-9-15(31)25-14-8-11(18(20,21)22)5-6-12(14)19/h2-8H,9,23H2,1H3,(H,25,31)(H,27,28)/b26-10+. The number of benzene rings is 1. The molecule has 3 aromatic rings. The average Bonchev–Trinajstić information content (AvgIpc) is 3.11. The summed E-state index contributed by atoms with van der Waals surface area (Å²) in [5.74, 6) is 5.22. The number of thioether (sulfide) groups is 1. The van der Waals surface area contributed by atoms with Crippen molar-refractivity contribution in [1.29, 1.82) is 0 Å². The number of nitrogens with one attached hydrogen (secondary N) is 2. The van der Waals surface area contributed by atoms with E-state index in [1.807, 2.05) is 6.07 Å². The number of hydrogen-bond donors (Lipinski definition) is 3. The van der Waals surface area contributed by atoms with E-state index in [0.29, 0.717) is 11.4 Å². The number of nitrogens with zero attached hydrogens (tertiary/aromatic N) is 5. The molecule has 0 saturated heterocycles. The first-order valence-electron chi connectivity index (χ1n) is 8.86. The quantitative estimate of drug-likeness (QED) is 0.202. The van der Waals surface area contributed by atoms with Crippen molar-refractivity contribution in [1.82, 2.24) is 19.9 Å². The molecule has 3 rings (SSSR count). The van der Waals surface area contributed by atoms with Gasteiger partial charge < -0.3 is 11.2 Å². The van der Waals surface area contributed by atoms with Crippen molar-refractivity contribution in [2.75, 3.05) is 22.3 Å². The van der Waals surface area contributed by atoms with Gasteiger partial charge in [0.15, 0.2) is 0 Å². The summed E-state index contributed by atoms with van der Waals surface area (Å²) < 4.78 is 39.6. The lowest BCUT2D eigenvalue weighted by Crippen LogP contribution is -2.17. The van der Waals surface area contributed by atoms with Crippen LogP contribution in [0.4, 0.5) is 24.8 Å². The van der Waals surface area contributed by atoms with Gasteiger partial charge in [-0.25, -0.2) is 10.1 Å². The molecule has 0 saturated carbocycles. The predicted octanol–water partition coefficient (Wildman–Crippen LogP) is 3.63. The van der Waals surface area contributed by atoms with E-state index in [1.54, 1.807) is 25.3 Å². The van der Waals surface area contributed by atoms with E-state index in [1.165, 1.54) is 0 Å². The molecule has 0 aliphatic heterocycles. The number of hydrazone groups is 1. The highest BCUT2D eigenvalue weighted by molar-refractivity contribution is 7.99. The Kier molecular flexibility index (Phi) is 7.20. The van der Waals surface area contributed by atoms with Gasteiger partial charge in [-0.2, -0.15) is 18.3 Å². The van der Waals surface area contributed by atoms with E-state index in [9.17, 15) is 18.0 Å². The summed E-state index contributed by atoms with van der Waals surface area (Å²) in [6.07, 6.45) is -2.93. The van der Waals surface area contributed by atoms with Gasteiger partial charge >= 0.3 is 6.18 Å². The van der Waals surface area contributed by atoms with Crippen LogP contribution in [0.25, 0.3) is 0 Å². The molecular weight excluding hydrogens is 469 g/mol. The summed E-state index contributed by atoms with van der Waals surface area (Å²) in [6, 6.07) is 8.04. The van der Waals surface area contributed by atoms with Gasteiger partial charge in [0.05, 0.1) is 33.4 Å². The van der Waals surface area contributed by atoms with Gasteiger partial charge in [-0.05, 0) is 37.3 Å². The SMILES string of the molecule is C/C(=N\Nc1nnc(SCC(=O)Nc2cc(C(F)(F)F)ccc2Cl)n1N)c1ccccn1. The predicted molar refractivity (Wildman–Crippen MR) is 116 cm³/mol. The fourth-order valence-electron chi connectivity index (χ4n) is 2.33. The van der Waals surface area contributed by atoms with Crippen molar-refractivity contribution in [3.63, 3.8) is 0 Å². The fraction of sp³-hybridized carbons (Fsp3) is 0.167. The Labute approximate surface area is 189 Å². The zero-order chi connectivity index (χ0) is 23.3. The maximum absolute atomic E-state index is 12.9. The Balaban J connectivity index is 1.60. The van der Waals surface area contributed by atoms with Gasteiger partial charge in [0, 0.05) is 6.20 Å². The van der Waals surface area contributed by atoms with Crippen LogP contribution in [0.2, 0.25) is 5.02 Å². The lowest BCUT2D eigenvalue weighted by atomic mass is 10.2. The first kappa shape index (κ1) is 23.3. The monoisotopic (exact) mass is 484 g/mol. The maximum Gasteiger partial charge on any atom is 0.416 e. The first-order chi connectivity index (χ1) is 15.1. The summed E-state index contributed by atoms with van der Waals surface area (Å²) in [5, 5.41) is 14.3. The van der Waals surface area contributed by atoms with Crippen LogP contribution in [0.3, 0.4) is 0 Å². The van der Waals surface area contributed by atoms with Crippen molar-refractivity contribution < 1.29 is 18.0 Å². The van der Waals surface area contributed by atoms with Crippen LogP contribution in [0.5, 0.6) is 0 Å². The largest absolute Gasteiger partial charge is 0.416 e. The third-order valence-corrected chi connectivity index (χ3v) is 5.20. The number of halogens is 4. The zero-order valence-corrected chi connectivity index (χ0v) is 18.0. The van der Waals surface area contributed by atoms with E-state index >= 15 is 0 Å². The summed E-state index contributed by atoms with van der Waals surface area (Å²) in [4.78, 5) is 16.3. The fourth-order valence-corrected chi connectivity index (χ4v) is 3.15. The van der Waals surface area contributed by atoms with Crippen LogP contribution in [0.15, 0.2) is 52.9 Å². The Hall–Kier alpha value is -3.32. The van der Waals surface area contributed by atoms with Gasteiger partial charge in [0.2, 0.25) is 11.1 Å². The summed E-state index contributed by atoms with van der Waals surface area (Å²) in [6.45, 7) is 1.74. The molecule has 0 spiro atoms. The number of anilines is 2. The van der Waals surface area contributed by atoms with Crippen molar-refractivity contribution >= 4 is 46.6 Å². The second-order valence-corrected chi connectivity index (χ2v) is 7.58. The number of alkyl halides is 3. The summed E-state index contributed by atoms with van der Waals surface area (Å²) >= 11 is 6.81. The molecule has 0 fully saturated rings. The van der Waals surface area contributed by atoms with Crippen LogP contribution >= 0.6 is 23.4 Å². The molecule has 1 aromatic carbocycles. The van der Waals surface area contributed by atoms with E-state index in [0.717, 1.165) is 34.6 Å². The Morgan fingerprint density at radius 1 is 1.28 bits per heavy atom. The molecular formula is C18H16ClF3N8OS. The molecule has 0 aliphatic carbocycles.